The van der Waals surface area contributed by atoms with E-state index in [2.05, 4.69) is 5.32 Å². The molecule has 0 aromatic heterocycles. The van der Waals surface area contributed by atoms with E-state index in [9.17, 15) is 8.42 Å². The number of methoxy groups -OCH3 is 1. The summed E-state index contributed by atoms with van der Waals surface area (Å²) < 4.78 is 31.4. The average molecular weight is 312 g/mol. The van der Waals surface area contributed by atoms with Gasteiger partial charge < -0.3 is 10.1 Å². The van der Waals surface area contributed by atoms with Crippen LogP contribution in [0.15, 0.2) is 30.3 Å². The number of ether oxygens (including phenoxy) is 1. The van der Waals surface area contributed by atoms with E-state index in [0.29, 0.717) is 13.1 Å². The largest absolute Gasteiger partial charge is 0.381 e. The van der Waals surface area contributed by atoms with E-state index in [1.807, 2.05) is 30.3 Å². The van der Waals surface area contributed by atoms with Gasteiger partial charge in [-0.2, -0.15) is 4.31 Å². The van der Waals surface area contributed by atoms with E-state index < -0.39 is 10.0 Å². The molecule has 6 heteroatoms. The summed E-state index contributed by atoms with van der Waals surface area (Å²) in [5.74, 6) is 0.0432. The predicted octanol–water partition coefficient (Wildman–Crippen LogP) is 1.93. The molecule has 1 fully saturated rings. The van der Waals surface area contributed by atoms with Crippen molar-refractivity contribution in [3.63, 3.8) is 0 Å². The van der Waals surface area contributed by atoms with Crippen molar-refractivity contribution in [2.24, 2.45) is 0 Å². The van der Waals surface area contributed by atoms with Gasteiger partial charge in [-0.05, 0) is 31.9 Å². The molecule has 1 aromatic carbocycles. The number of nitrogens with one attached hydrogen (secondary N) is 1. The van der Waals surface area contributed by atoms with Crippen LogP contribution in [0.5, 0.6) is 0 Å². The second-order valence-corrected chi connectivity index (χ2v) is 7.55. The summed E-state index contributed by atoms with van der Waals surface area (Å²) in [5.41, 5.74) is 1.03. The molecule has 0 spiro atoms. The van der Waals surface area contributed by atoms with Crippen LogP contribution in [0.4, 0.5) is 5.69 Å². The van der Waals surface area contributed by atoms with Gasteiger partial charge in [0.2, 0.25) is 10.0 Å². The Morgan fingerprint density at radius 2 is 2.10 bits per heavy atom. The number of rotatable bonds is 6. The lowest BCUT2D eigenvalue weighted by Gasteiger charge is -2.33. The SMILES string of the molecule is CO[C@@H](C)CS(=O)(=O)N1CCC[C@@H](Nc2ccccc2)C1. The highest BCUT2D eigenvalue weighted by atomic mass is 32.2. The van der Waals surface area contributed by atoms with Crippen LogP contribution in [0, 0.1) is 0 Å². The number of para-hydroxylation sites is 1. The minimum Gasteiger partial charge on any atom is -0.381 e. The first-order valence-electron chi connectivity index (χ1n) is 7.33. The molecule has 1 saturated heterocycles. The lowest BCUT2D eigenvalue weighted by Crippen LogP contribution is -2.47. The van der Waals surface area contributed by atoms with Gasteiger partial charge in [-0.1, -0.05) is 18.2 Å². The first kappa shape index (κ1) is 16.3. The monoisotopic (exact) mass is 312 g/mol. The van der Waals surface area contributed by atoms with Gasteiger partial charge in [0.1, 0.15) is 0 Å². The van der Waals surface area contributed by atoms with Crippen LogP contribution in [0.25, 0.3) is 0 Å². The summed E-state index contributed by atoms with van der Waals surface area (Å²) in [4.78, 5) is 0. The number of sulfonamides is 1. The Morgan fingerprint density at radius 3 is 2.76 bits per heavy atom. The Balaban J connectivity index is 1.97. The number of piperidine rings is 1. The zero-order chi connectivity index (χ0) is 15.3. The fourth-order valence-corrected chi connectivity index (χ4v) is 4.31. The maximum absolute atomic E-state index is 12.4. The molecular formula is C15H24N2O3S. The van der Waals surface area contributed by atoms with Crippen LogP contribution in [0.3, 0.4) is 0 Å². The summed E-state index contributed by atoms with van der Waals surface area (Å²) in [5, 5.41) is 3.41. The van der Waals surface area contributed by atoms with Crippen LogP contribution in [-0.2, 0) is 14.8 Å². The van der Waals surface area contributed by atoms with Crippen molar-refractivity contribution in [3.8, 4) is 0 Å². The van der Waals surface area contributed by atoms with Gasteiger partial charge in [0, 0.05) is 31.9 Å². The summed E-state index contributed by atoms with van der Waals surface area (Å²) in [6.45, 7) is 2.90. The minimum atomic E-state index is -3.25. The number of benzene rings is 1. The van der Waals surface area contributed by atoms with Gasteiger partial charge >= 0.3 is 0 Å². The first-order valence-corrected chi connectivity index (χ1v) is 8.94. The third-order valence-electron chi connectivity index (χ3n) is 3.77. The summed E-state index contributed by atoms with van der Waals surface area (Å²) >= 11 is 0. The second kappa shape index (κ2) is 7.24. The highest BCUT2D eigenvalue weighted by molar-refractivity contribution is 7.89. The topological polar surface area (TPSA) is 58.6 Å². The summed E-state index contributed by atoms with van der Waals surface area (Å²) in [6.07, 6.45) is 1.59. The standard InChI is InChI=1S/C15H24N2O3S/c1-13(20-2)12-21(18,19)17-10-6-9-15(11-17)16-14-7-4-3-5-8-14/h3-5,7-8,13,15-16H,6,9-12H2,1-2H3/t13-,15+/m0/s1. The molecule has 0 aliphatic carbocycles. The second-order valence-electron chi connectivity index (χ2n) is 5.53. The number of anilines is 1. The number of hydrogen-bond donors (Lipinski definition) is 1. The third-order valence-corrected chi connectivity index (χ3v) is 5.78. The highest BCUT2D eigenvalue weighted by Crippen LogP contribution is 2.19. The van der Waals surface area contributed by atoms with Crippen molar-refractivity contribution in [3.05, 3.63) is 30.3 Å². The molecule has 2 atom stereocenters. The van der Waals surface area contributed by atoms with Crippen molar-refractivity contribution < 1.29 is 13.2 Å². The Labute approximate surface area is 127 Å². The van der Waals surface area contributed by atoms with Crippen LogP contribution < -0.4 is 5.32 Å². The predicted molar refractivity (Wildman–Crippen MR) is 84.9 cm³/mol. The van der Waals surface area contributed by atoms with Crippen molar-refractivity contribution in [2.45, 2.75) is 31.9 Å². The minimum absolute atomic E-state index is 0.0432. The molecule has 1 heterocycles. The lowest BCUT2D eigenvalue weighted by molar-refractivity contribution is 0.134. The first-order chi connectivity index (χ1) is 10.0. The fourth-order valence-electron chi connectivity index (χ4n) is 2.55. The van der Waals surface area contributed by atoms with Crippen molar-refractivity contribution in [1.29, 1.82) is 0 Å². The Kier molecular flexibility index (Phi) is 5.61. The molecule has 21 heavy (non-hydrogen) atoms. The zero-order valence-electron chi connectivity index (χ0n) is 12.7. The maximum atomic E-state index is 12.4. The van der Waals surface area contributed by atoms with Gasteiger partial charge in [0.05, 0.1) is 11.9 Å². The van der Waals surface area contributed by atoms with Crippen molar-refractivity contribution >= 4 is 15.7 Å². The Hall–Kier alpha value is -1.11. The van der Waals surface area contributed by atoms with Crippen LogP contribution in [0.2, 0.25) is 0 Å². The van der Waals surface area contributed by atoms with Gasteiger partial charge in [-0.3, -0.25) is 0 Å². The van der Waals surface area contributed by atoms with E-state index in [1.165, 1.54) is 7.11 Å². The molecule has 0 unspecified atom stereocenters. The molecule has 0 saturated carbocycles. The molecule has 1 aliphatic rings. The maximum Gasteiger partial charge on any atom is 0.216 e. The van der Waals surface area contributed by atoms with Crippen molar-refractivity contribution in [2.75, 3.05) is 31.3 Å². The molecule has 0 bridgehead atoms. The van der Waals surface area contributed by atoms with Gasteiger partial charge in [-0.15, -0.1) is 0 Å². The van der Waals surface area contributed by atoms with Gasteiger partial charge in [-0.25, -0.2) is 8.42 Å². The van der Waals surface area contributed by atoms with Gasteiger partial charge in [0.25, 0.3) is 0 Å². The lowest BCUT2D eigenvalue weighted by atomic mass is 10.1. The Bertz CT molecular complexity index is 533. The Morgan fingerprint density at radius 1 is 1.38 bits per heavy atom. The van der Waals surface area contributed by atoms with Crippen LogP contribution in [0.1, 0.15) is 19.8 Å². The molecule has 1 aromatic rings. The summed E-state index contributed by atoms with van der Waals surface area (Å²) in [7, 11) is -1.71. The van der Waals surface area contributed by atoms with E-state index in [0.717, 1.165) is 18.5 Å². The smallest absolute Gasteiger partial charge is 0.216 e. The highest BCUT2D eigenvalue weighted by Gasteiger charge is 2.30. The fraction of sp³-hybridized carbons (Fsp3) is 0.600. The molecule has 118 valence electrons. The van der Waals surface area contributed by atoms with E-state index in [4.69, 9.17) is 4.74 Å². The summed E-state index contributed by atoms with van der Waals surface area (Å²) in [6, 6.07) is 10.1. The van der Waals surface area contributed by atoms with Gasteiger partial charge in [0.15, 0.2) is 0 Å². The molecule has 1 N–H and O–H groups in total. The molecular weight excluding hydrogens is 288 g/mol. The number of hydrogen-bond acceptors (Lipinski definition) is 4. The zero-order valence-corrected chi connectivity index (χ0v) is 13.5. The molecule has 5 nitrogen and oxygen atoms in total. The average Bonchev–Trinajstić information content (AvgIpc) is 2.48. The van der Waals surface area contributed by atoms with Crippen molar-refractivity contribution in [1.82, 2.24) is 4.31 Å². The molecule has 1 aliphatic heterocycles. The quantitative estimate of drug-likeness (QED) is 0.872. The molecule has 0 radical (unpaired) electrons. The van der Waals surface area contributed by atoms with E-state index >= 15 is 0 Å². The van der Waals surface area contributed by atoms with Crippen LogP contribution in [-0.4, -0.2) is 50.8 Å². The molecule has 2 rings (SSSR count). The normalized spacial score (nSPS) is 21.9. The van der Waals surface area contributed by atoms with Crippen LogP contribution >= 0.6 is 0 Å². The van der Waals surface area contributed by atoms with E-state index in [1.54, 1.807) is 11.2 Å². The molecule has 0 amide bonds. The number of nitrogens with zero attached hydrogens (tertiary/aromatic N) is 1. The third kappa shape index (κ3) is 4.69. The van der Waals surface area contributed by atoms with E-state index in [-0.39, 0.29) is 17.9 Å².